The van der Waals surface area contributed by atoms with Crippen LogP contribution >= 0.6 is 0 Å². The molecule has 0 spiro atoms. The normalized spacial score (nSPS) is 11.1. The van der Waals surface area contributed by atoms with Gasteiger partial charge in [-0.1, -0.05) is 30.3 Å². The van der Waals surface area contributed by atoms with Gasteiger partial charge < -0.3 is 15.7 Å². The molecule has 0 atom stereocenters. The molecule has 0 aliphatic heterocycles. The van der Waals surface area contributed by atoms with E-state index in [4.69, 9.17) is 0 Å². The Bertz CT molecular complexity index is 687. The highest BCUT2D eigenvalue weighted by Gasteiger charge is 2.30. The molecule has 0 saturated carbocycles. The molecule has 23 heavy (non-hydrogen) atoms. The fourth-order valence-corrected chi connectivity index (χ4v) is 2.01. The van der Waals surface area contributed by atoms with Crippen molar-refractivity contribution in [2.45, 2.75) is 19.3 Å². The van der Waals surface area contributed by atoms with Crippen molar-refractivity contribution in [3.05, 3.63) is 65.2 Å². The van der Waals surface area contributed by atoms with Crippen molar-refractivity contribution in [3.63, 3.8) is 0 Å². The van der Waals surface area contributed by atoms with Crippen LogP contribution in [0.4, 0.5) is 23.7 Å². The van der Waals surface area contributed by atoms with E-state index in [9.17, 15) is 23.1 Å². The molecule has 0 aromatic heterocycles. The van der Waals surface area contributed by atoms with Crippen molar-refractivity contribution in [1.29, 1.82) is 0 Å². The standard InChI is InChI=1S/C16H15F3N2O2/c17-16(18,19)13-6-3-7-14(8-13)21-15(23)20-9-11-4-1-2-5-12(11)10-22/h1-8,22H,9-10H2,(H2,20,21,23). The van der Waals surface area contributed by atoms with Gasteiger partial charge in [0.25, 0.3) is 0 Å². The van der Waals surface area contributed by atoms with E-state index >= 15 is 0 Å². The second kappa shape index (κ2) is 7.15. The number of hydrogen-bond acceptors (Lipinski definition) is 2. The third kappa shape index (κ3) is 4.72. The fraction of sp³-hybridized carbons (Fsp3) is 0.188. The number of nitrogens with one attached hydrogen (secondary N) is 2. The summed E-state index contributed by atoms with van der Waals surface area (Å²) in [7, 11) is 0. The van der Waals surface area contributed by atoms with Gasteiger partial charge in [-0.15, -0.1) is 0 Å². The summed E-state index contributed by atoms with van der Waals surface area (Å²) in [5.41, 5.74) is 0.620. The smallest absolute Gasteiger partial charge is 0.392 e. The van der Waals surface area contributed by atoms with Crippen LogP contribution in [0.3, 0.4) is 0 Å². The van der Waals surface area contributed by atoms with E-state index in [1.165, 1.54) is 12.1 Å². The number of carbonyl (C=O) groups excluding carboxylic acids is 1. The average Bonchev–Trinajstić information content (AvgIpc) is 2.52. The van der Waals surface area contributed by atoms with Crippen LogP contribution < -0.4 is 10.6 Å². The van der Waals surface area contributed by atoms with Crippen LogP contribution in [0.1, 0.15) is 16.7 Å². The zero-order valence-corrected chi connectivity index (χ0v) is 12.0. The number of rotatable bonds is 4. The van der Waals surface area contributed by atoms with Gasteiger partial charge in [-0.25, -0.2) is 4.79 Å². The largest absolute Gasteiger partial charge is 0.416 e. The maximum absolute atomic E-state index is 12.6. The molecule has 4 nitrogen and oxygen atoms in total. The number of urea groups is 1. The highest BCUT2D eigenvalue weighted by molar-refractivity contribution is 5.89. The molecule has 0 saturated heterocycles. The maximum atomic E-state index is 12.6. The molecule has 2 aromatic rings. The molecule has 0 heterocycles. The highest BCUT2D eigenvalue weighted by atomic mass is 19.4. The van der Waals surface area contributed by atoms with Gasteiger partial charge in [0.1, 0.15) is 0 Å². The van der Waals surface area contributed by atoms with Crippen LogP contribution in [-0.4, -0.2) is 11.1 Å². The van der Waals surface area contributed by atoms with Gasteiger partial charge in [0.05, 0.1) is 12.2 Å². The predicted octanol–water partition coefficient (Wildman–Crippen LogP) is 3.52. The van der Waals surface area contributed by atoms with Crippen molar-refractivity contribution in [2.75, 3.05) is 5.32 Å². The van der Waals surface area contributed by atoms with Gasteiger partial charge >= 0.3 is 12.2 Å². The molecule has 0 bridgehead atoms. The van der Waals surface area contributed by atoms with Crippen molar-refractivity contribution in [3.8, 4) is 0 Å². The molecule has 7 heteroatoms. The topological polar surface area (TPSA) is 61.4 Å². The van der Waals surface area contributed by atoms with Gasteiger partial charge in [-0.05, 0) is 29.3 Å². The van der Waals surface area contributed by atoms with Crippen LogP contribution in [0.25, 0.3) is 0 Å². The number of hydrogen-bond donors (Lipinski definition) is 3. The molecular weight excluding hydrogens is 309 g/mol. The first-order valence-corrected chi connectivity index (χ1v) is 6.80. The predicted molar refractivity (Wildman–Crippen MR) is 79.7 cm³/mol. The molecule has 0 aliphatic rings. The second-order valence-electron chi connectivity index (χ2n) is 4.81. The third-order valence-corrected chi connectivity index (χ3v) is 3.18. The summed E-state index contributed by atoms with van der Waals surface area (Å²) in [6.45, 7) is -0.00533. The van der Waals surface area contributed by atoms with E-state index in [0.717, 1.165) is 17.7 Å². The number of halogens is 3. The molecule has 2 aromatic carbocycles. The van der Waals surface area contributed by atoms with Crippen molar-refractivity contribution >= 4 is 11.7 Å². The molecule has 3 N–H and O–H groups in total. The molecule has 2 amide bonds. The lowest BCUT2D eigenvalue weighted by Gasteiger charge is -2.12. The van der Waals surface area contributed by atoms with Crippen molar-refractivity contribution in [2.24, 2.45) is 0 Å². The van der Waals surface area contributed by atoms with Gasteiger partial charge in [0, 0.05) is 12.2 Å². The summed E-state index contributed by atoms with van der Waals surface area (Å²) < 4.78 is 37.8. The number of aliphatic hydroxyl groups is 1. The summed E-state index contributed by atoms with van der Waals surface area (Å²) in [5, 5.41) is 14.1. The lowest BCUT2D eigenvalue weighted by atomic mass is 10.1. The van der Waals surface area contributed by atoms with Gasteiger partial charge in [0.15, 0.2) is 0 Å². The number of aliphatic hydroxyl groups excluding tert-OH is 1. The summed E-state index contributed by atoms with van der Waals surface area (Å²) in [6.07, 6.45) is -4.46. The second-order valence-corrected chi connectivity index (χ2v) is 4.81. The van der Waals surface area contributed by atoms with Crippen LogP contribution in [0, 0.1) is 0 Å². The van der Waals surface area contributed by atoms with Crippen molar-refractivity contribution < 1.29 is 23.1 Å². The Morgan fingerprint density at radius 1 is 1.04 bits per heavy atom. The Balaban J connectivity index is 1.98. The first-order valence-electron chi connectivity index (χ1n) is 6.80. The van der Waals surface area contributed by atoms with E-state index in [2.05, 4.69) is 10.6 Å². The molecule has 0 fully saturated rings. The van der Waals surface area contributed by atoms with Gasteiger partial charge in [-0.3, -0.25) is 0 Å². The van der Waals surface area contributed by atoms with E-state index in [1.807, 2.05) is 0 Å². The summed E-state index contributed by atoms with van der Waals surface area (Å²) >= 11 is 0. The lowest BCUT2D eigenvalue weighted by molar-refractivity contribution is -0.137. The van der Waals surface area contributed by atoms with Crippen LogP contribution in [0.2, 0.25) is 0 Å². The first kappa shape index (κ1) is 16.8. The van der Waals surface area contributed by atoms with Crippen LogP contribution in [0.15, 0.2) is 48.5 Å². The Kier molecular flexibility index (Phi) is 5.23. The van der Waals surface area contributed by atoms with Crippen molar-refractivity contribution in [1.82, 2.24) is 5.32 Å². The number of anilines is 1. The van der Waals surface area contributed by atoms with Crippen LogP contribution in [-0.2, 0) is 19.3 Å². The van der Waals surface area contributed by atoms with E-state index in [0.29, 0.717) is 5.56 Å². The fourth-order valence-electron chi connectivity index (χ4n) is 2.01. The molecule has 122 valence electrons. The SMILES string of the molecule is O=C(NCc1ccccc1CO)Nc1cccc(C(F)(F)F)c1. The molecule has 0 aliphatic carbocycles. The lowest BCUT2D eigenvalue weighted by Crippen LogP contribution is -2.28. The third-order valence-electron chi connectivity index (χ3n) is 3.18. The highest BCUT2D eigenvalue weighted by Crippen LogP contribution is 2.30. The Hall–Kier alpha value is -2.54. The van der Waals surface area contributed by atoms with E-state index in [1.54, 1.807) is 24.3 Å². The Morgan fingerprint density at radius 3 is 2.39 bits per heavy atom. The Labute approximate surface area is 131 Å². The minimum Gasteiger partial charge on any atom is -0.392 e. The minimum absolute atomic E-state index is 0.0489. The molecule has 0 radical (unpaired) electrons. The number of amides is 2. The number of alkyl halides is 3. The zero-order chi connectivity index (χ0) is 16.9. The number of benzene rings is 2. The summed E-state index contributed by atoms with van der Waals surface area (Å²) in [6, 6.07) is 10.8. The Morgan fingerprint density at radius 2 is 1.74 bits per heavy atom. The minimum atomic E-state index is -4.46. The van der Waals surface area contributed by atoms with Gasteiger partial charge in [0.2, 0.25) is 0 Å². The first-order chi connectivity index (χ1) is 10.9. The monoisotopic (exact) mass is 324 g/mol. The number of carbonyl (C=O) groups is 1. The van der Waals surface area contributed by atoms with E-state index < -0.39 is 17.8 Å². The average molecular weight is 324 g/mol. The molecular formula is C16H15F3N2O2. The molecule has 0 unspecified atom stereocenters. The zero-order valence-electron chi connectivity index (χ0n) is 12.0. The maximum Gasteiger partial charge on any atom is 0.416 e. The van der Waals surface area contributed by atoms with Crippen LogP contribution in [0.5, 0.6) is 0 Å². The summed E-state index contributed by atoms with van der Waals surface area (Å²) in [4.78, 5) is 11.8. The van der Waals surface area contributed by atoms with Gasteiger partial charge in [-0.2, -0.15) is 13.2 Å². The quantitative estimate of drug-likeness (QED) is 0.806. The molecule has 2 rings (SSSR count). The van der Waals surface area contributed by atoms with E-state index in [-0.39, 0.29) is 18.8 Å². The summed E-state index contributed by atoms with van der Waals surface area (Å²) in [5.74, 6) is 0.